The van der Waals surface area contributed by atoms with Crippen LogP contribution in [0, 0.1) is 9.49 Å². The fraction of sp³-hybridized carbons (Fsp3) is 0.500. The molecule has 0 amide bonds. The summed E-state index contributed by atoms with van der Waals surface area (Å²) < 4.78 is 27.7. The quantitative estimate of drug-likeness (QED) is 0.763. The van der Waals surface area contributed by atoms with E-state index in [2.05, 4.69) is 32.6 Å². The monoisotopic (exact) mass is 380 g/mol. The summed E-state index contributed by atoms with van der Waals surface area (Å²) in [6.07, 6.45) is 2.04. The third-order valence-corrected chi connectivity index (χ3v) is 5.33. The predicted octanol–water partition coefficient (Wildman–Crippen LogP) is 1.57. The van der Waals surface area contributed by atoms with E-state index in [4.69, 9.17) is 0 Å². The first-order chi connectivity index (χ1) is 8.58. The van der Waals surface area contributed by atoms with Crippen LogP contribution in [0.3, 0.4) is 0 Å². The van der Waals surface area contributed by atoms with Crippen molar-refractivity contribution in [2.45, 2.75) is 17.7 Å². The molecule has 1 aromatic carbocycles. The molecule has 0 bridgehead atoms. The molecule has 0 spiro atoms. The number of hydrogen-bond acceptors (Lipinski definition) is 3. The van der Waals surface area contributed by atoms with Gasteiger partial charge in [0.15, 0.2) is 0 Å². The van der Waals surface area contributed by atoms with E-state index in [-0.39, 0.29) is 0 Å². The Morgan fingerprint density at radius 2 is 2.06 bits per heavy atom. The van der Waals surface area contributed by atoms with Crippen LogP contribution in [-0.2, 0) is 10.0 Å². The number of benzene rings is 1. The molecule has 2 rings (SSSR count). The van der Waals surface area contributed by atoms with Gasteiger partial charge in [-0.1, -0.05) is 0 Å². The average Bonchev–Trinajstić information content (AvgIpc) is 2.82. The molecular formula is C12H17IN2O2S. The van der Waals surface area contributed by atoms with Crippen molar-refractivity contribution in [3.05, 3.63) is 27.8 Å². The van der Waals surface area contributed by atoms with Gasteiger partial charge in [0.1, 0.15) is 0 Å². The molecule has 1 aliphatic heterocycles. The molecule has 18 heavy (non-hydrogen) atoms. The fourth-order valence-corrected chi connectivity index (χ4v) is 3.46. The van der Waals surface area contributed by atoms with Gasteiger partial charge in [0.05, 0.1) is 4.90 Å². The van der Waals surface area contributed by atoms with Crippen molar-refractivity contribution in [3.63, 3.8) is 0 Å². The number of rotatable bonds is 5. The summed E-state index contributed by atoms with van der Waals surface area (Å²) in [5.74, 6) is 0.601. The number of halogens is 1. The maximum Gasteiger partial charge on any atom is 0.240 e. The molecule has 4 nitrogen and oxygen atoms in total. The molecule has 1 heterocycles. The molecule has 100 valence electrons. The first-order valence-electron chi connectivity index (χ1n) is 6.04. The Bertz CT molecular complexity index is 481. The van der Waals surface area contributed by atoms with Gasteiger partial charge < -0.3 is 5.32 Å². The normalized spacial score (nSPS) is 20.2. The van der Waals surface area contributed by atoms with Crippen molar-refractivity contribution in [2.75, 3.05) is 19.6 Å². The highest BCUT2D eigenvalue weighted by Gasteiger charge is 2.17. The zero-order valence-electron chi connectivity index (χ0n) is 10.0. The second kappa shape index (κ2) is 6.31. The number of hydrogen-bond donors (Lipinski definition) is 2. The molecule has 1 atom stereocenters. The summed E-state index contributed by atoms with van der Waals surface area (Å²) in [5.41, 5.74) is 0. The highest BCUT2D eigenvalue weighted by Crippen LogP contribution is 2.14. The van der Waals surface area contributed by atoms with E-state index < -0.39 is 10.0 Å². The Balaban J connectivity index is 1.88. The second-order valence-electron chi connectivity index (χ2n) is 4.50. The Hall–Kier alpha value is -0.180. The Labute approximate surface area is 122 Å². The summed E-state index contributed by atoms with van der Waals surface area (Å²) in [7, 11) is -3.34. The summed E-state index contributed by atoms with van der Waals surface area (Å²) >= 11 is 2.16. The molecule has 0 saturated carbocycles. The lowest BCUT2D eigenvalue weighted by Gasteiger charge is -2.10. The van der Waals surface area contributed by atoms with Crippen LogP contribution in [0.2, 0.25) is 0 Å². The molecular weight excluding hydrogens is 363 g/mol. The van der Waals surface area contributed by atoms with E-state index in [1.165, 1.54) is 0 Å². The zero-order chi connectivity index (χ0) is 13.0. The molecule has 1 unspecified atom stereocenters. The maximum absolute atomic E-state index is 12.0. The first-order valence-corrected chi connectivity index (χ1v) is 8.60. The third kappa shape index (κ3) is 3.91. The SMILES string of the molecule is O=S(=O)(NCCC1CCNC1)c1ccc(I)cc1. The highest BCUT2D eigenvalue weighted by molar-refractivity contribution is 14.1. The topological polar surface area (TPSA) is 58.2 Å². The summed E-state index contributed by atoms with van der Waals surface area (Å²) in [5, 5.41) is 3.28. The van der Waals surface area contributed by atoms with E-state index in [9.17, 15) is 8.42 Å². The van der Waals surface area contributed by atoms with Crippen molar-refractivity contribution in [1.82, 2.24) is 10.0 Å². The minimum Gasteiger partial charge on any atom is -0.316 e. The number of nitrogens with one attached hydrogen (secondary N) is 2. The average molecular weight is 380 g/mol. The Morgan fingerprint density at radius 3 is 2.67 bits per heavy atom. The van der Waals surface area contributed by atoms with E-state index in [1.54, 1.807) is 24.3 Å². The summed E-state index contributed by atoms with van der Waals surface area (Å²) in [6, 6.07) is 6.88. The predicted molar refractivity (Wildman–Crippen MR) is 79.9 cm³/mol. The van der Waals surface area contributed by atoms with Gasteiger partial charge in [-0.05, 0) is 78.7 Å². The van der Waals surface area contributed by atoms with Crippen LogP contribution in [0.5, 0.6) is 0 Å². The number of sulfonamides is 1. The largest absolute Gasteiger partial charge is 0.316 e. The van der Waals surface area contributed by atoms with Crippen molar-refractivity contribution in [3.8, 4) is 0 Å². The summed E-state index contributed by atoms with van der Waals surface area (Å²) in [6.45, 7) is 2.57. The van der Waals surface area contributed by atoms with E-state index >= 15 is 0 Å². The Morgan fingerprint density at radius 1 is 1.33 bits per heavy atom. The molecule has 1 aliphatic rings. The summed E-state index contributed by atoms with van der Waals surface area (Å²) in [4.78, 5) is 0.340. The van der Waals surface area contributed by atoms with Gasteiger partial charge in [-0.2, -0.15) is 0 Å². The van der Waals surface area contributed by atoms with Gasteiger partial charge in [-0.25, -0.2) is 13.1 Å². The van der Waals surface area contributed by atoms with Crippen LogP contribution in [0.15, 0.2) is 29.2 Å². The molecule has 2 N–H and O–H groups in total. The molecule has 0 aromatic heterocycles. The van der Waals surface area contributed by atoms with E-state index in [0.717, 1.165) is 29.5 Å². The van der Waals surface area contributed by atoms with E-state index in [0.29, 0.717) is 17.4 Å². The van der Waals surface area contributed by atoms with Gasteiger partial charge >= 0.3 is 0 Å². The molecule has 1 fully saturated rings. The lowest BCUT2D eigenvalue weighted by Crippen LogP contribution is -2.26. The zero-order valence-corrected chi connectivity index (χ0v) is 13.0. The molecule has 1 saturated heterocycles. The lowest BCUT2D eigenvalue weighted by atomic mass is 10.1. The third-order valence-electron chi connectivity index (χ3n) is 3.13. The van der Waals surface area contributed by atoms with Crippen molar-refractivity contribution < 1.29 is 8.42 Å². The smallest absolute Gasteiger partial charge is 0.240 e. The first kappa shape index (κ1) is 14.2. The molecule has 0 aliphatic carbocycles. The highest BCUT2D eigenvalue weighted by atomic mass is 127. The van der Waals surface area contributed by atoms with Crippen LogP contribution in [0.25, 0.3) is 0 Å². The van der Waals surface area contributed by atoms with Gasteiger partial charge in [0, 0.05) is 10.1 Å². The molecule has 6 heteroatoms. The maximum atomic E-state index is 12.0. The van der Waals surface area contributed by atoms with Crippen LogP contribution in [-0.4, -0.2) is 28.1 Å². The van der Waals surface area contributed by atoms with Crippen molar-refractivity contribution >= 4 is 32.6 Å². The lowest BCUT2D eigenvalue weighted by molar-refractivity contribution is 0.519. The molecule has 1 aromatic rings. The van der Waals surface area contributed by atoms with Crippen LogP contribution in [0.4, 0.5) is 0 Å². The standard InChI is InChI=1S/C12H17IN2O2S/c13-11-1-3-12(4-2-11)18(16,17)15-8-6-10-5-7-14-9-10/h1-4,10,14-15H,5-9H2. The minimum absolute atomic E-state index is 0.340. The minimum atomic E-state index is -3.34. The van der Waals surface area contributed by atoms with Gasteiger partial charge in [0.25, 0.3) is 0 Å². The van der Waals surface area contributed by atoms with Crippen molar-refractivity contribution in [1.29, 1.82) is 0 Å². The second-order valence-corrected chi connectivity index (χ2v) is 7.51. The van der Waals surface area contributed by atoms with Crippen LogP contribution < -0.4 is 10.0 Å². The van der Waals surface area contributed by atoms with Gasteiger partial charge in [-0.3, -0.25) is 0 Å². The molecule has 0 radical (unpaired) electrons. The Kier molecular flexibility index (Phi) is 4.99. The van der Waals surface area contributed by atoms with Crippen LogP contribution >= 0.6 is 22.6 Å². The van der Waals surface area contributed by atoms with E-state index in [1.807, 2.05) is 0 Å². The van der Waals surface area contributed by atoms with Gasteiger partial charge in [0.2, 0.25) is 10.0 Å². The fourth-order valence-electron chi connectivity index (χ4n) is 2.06. The van der Waals surface area contributed by atoms with Crippen LogP contribution in [0.1, 0.15) is 12.8 Å². The van der Waals surface area contributed by atoms with Gasteiger partial charge in [-0.15, -0.1) is 0 Å². The van der Waals surface area contributed by atoms with Crippen molar-refractivity contribution in [2.24, 2.45) is 5.92 Å².